The minimum atomic E-state index is 0.720. The van der Waals surface area contributed by atoms with Gasteiger partial charge >= 0.3 is 0 Å². The van der Waals surface area contributed by atoms with E-state index in [-0.39, 0.29) is 0 Å². The Morgan fingerprint density at radius 2 is 2.16 bits per heavy atom. The summed E-state index contributed by atoms with van der Waals surface area (Å²) in [7, 11) is 2.17. The molecule has 1 saturated heterocycles. The Morgan fingerprint density at radius 1 is 1.32 bits per heavy atom. The predicted molar refractivity (Wildman–Crippen MR) is 82.8 cm³/mol. The molecule has 0 bridgehead atoms. The molecule has 19 heavy (non-hydrogen) atoms. The number of hydrogen-bond acceptors (Lipinski definition) is 5. The minimum Gasteiger partial charge on any atom is -0.354 e. The fourth-order valence-corrected chi connectivity index (χ4v) is 2.60. The molecule has 2 rings (SSSR count). The molecule has 5 nitrogen and oxygen atoms in total. The van der Waals surface area contributed by atoms with Gasteiger partial charge in [-0.15, -0.1) is 0 Å². The quantitative estimate of drug-likeness (QED) is 0.918. The van der Waals surface area contributed by atoms with Gasteiger partial charge in [0.15, 0.2) is 0 Å². The lowest BCUT2D eigenvalue weighted by atomic mass is 10.4. The van der Waals surface area contributed by atoms with Crippen molar-refractivity contribution in [1.29, 1.82) is 0 Å². The second-order valence-corrected chi connectivity index (χ2v) is 5.79. The van der Waals surface area contributed by atoms with Crippen molar-refractivity contribution in [2.45, 2.75) is 19.8 Å². The number of aromatic nitrogens is 2. The third kappa shape index (κ3) is 4.04. The third-order valence-corrected chi connectivity index (χ3v) is 3.84. The molecule has 0 saturated carbocycles. The Labute approximate surface area is 123 Å². The van der Waals surface area contributed by atoms with Crippen LogP contribution in [0.3, 0.4) is 0 Å². The summed E-state index contributed by atoms with van der Waals surface area (Å²) in [6.07, 6.45) is 4.09. The summed E-state index contributed by atoms with van der Waals surface area (Å²) in [5.41, 5.74) is 0. The van der Waals surface area contributed by atoms with Gasteiger partial charge in [0.05, 0.1) is 4.47 Å². The van der Waals surface area contributed by atoms with Crippen LogP contribution in [0.4, 0.5) is 11.8 Å². The molecule has 0 aliphatic carbocycles. The van der Waals surface area contributed by atoms with Gasteiger partial charge in [0, 0.05) is 32.4 Å². The number of halogens is 1. The standard InChI is InChI=1S/C13H22BrN5/c1-3-5-15-13-16-10-11(14)12(17-13)19-7-4-6-18(2)8-9-19/h10H,3-9H2,1-2H3,(H,15,16,17). The smallest absolute Gasteiger partial charge is 0.224 e. The van der Waals surface area contributed by atoms with Gasteiger partial charge in [-0.05, 0) is 42.4 Å². The fourth-order valence-electron chi connectivity index (χ4n) is 2.16. The summed E-state index contributed by atoms with van der Waals surface area (Å²) in [4.78, 5) is 13.6. The minimum absolute atomic E-state index is 0.720. The number of rotatable bonds is 4. The lowest BCUT2D eigenvalue weighted by Gasteiger charge is -2.23. The van der Waals surface area contributed by atoms with E-state index in [1.807, 2.05) is 6.20 Å². The van der Waals surface area contributed by atoms with Crippen LogP contribution in [0.15, 0.2) is 10.7 Å². The summed E-state index contributed by atoms with van der Waals surface area (Å²) >= 11 is 3.57. The van der Waals surface area contributed by atoms with Crippen LogP contribution in [-0.2, 0) is 0 Å². The highest BCUT2D eigenvalue weighted by atomic mass is 79.9. The Balaban J connectivity index is 2.12. The number of anilines is 2. The van der Waals surface area contributed by atoms with E-state index in [0.717, 1.165) is 55.4 Å². The molecule has 1 aromatic rings. The molecule has 0 spiro atoms. The van der Waals surface area contributed by atoms with Gasteiger partial charge in [0.25, 0.3) is 0 Å². The van der Waals surface area contributed by atoms with Crippen LogP contribution in [0.2, 0.25) is 0 Å². The van der Waals surface area contributed by atoms with Crippen molar-refractivity contribution < 1.29 is 0 Å². The van der Waals surface area contributed by atoms with Crippen LogP contribution in [0.25, 0.3) is 0 Å². The van der Waals surface area contributed by atoms with E-state index in [2.05, 4.69) is 55.0 Å². The highest BCUT2D eigenvalue weighted by Crippen LogP contribution is 2.25. The Morgan fingerprint density at radius 3 is 2.95 bits per heavy atom. The van der Waals surface area contributed by atoms with E-state index < -0.39 is 0 Å². The lowest BCUT2D eigenvalue weighted by Crippen LogP contribution is -2.30. The van der Waals surface area contributed by atoms with Crippen molar-refractivity contribution in [3.63, 3.8) is 0 Å². The summed E-state index contributed by atoms with van der Waals surface area (Å²) in [6.45, 7) is 7.34. The maximum absolute atomic E-state index is 4.64. The molecular formula is C13H22BrN5. The average molecular weight is 328 g/mol. The zero-order chi connectivity index (χ0) is 13.7. The fraction of sp³-hybridized carbons (Fsp3) is 0.692. The molecule has 1 aliphatic heterocycles. The van der Waals surface area contributed by atoms with Gasteiger partial charge in [0.1, 0.15) is 5.82 Å². The molecule has 0 radical (unpaired) electrons. The second kappa shape index (κ2) is 7.05. The van der Waals surface area contributed by atoms with Gasteiger partial charge in [-0.3, -0.25) is 0 Å². The molecule has 1 aromatic heterocycles. The highest BCUT2D eigenvalue weighted by Gasteiger charge is 2.17. The maximum atomic E-state index is 4.64. The monoisotopic (exact) mass is 327 g/mol. The van der Waals surface area contributed by atoms with E-state index in [0.29, 0.717) is 0 Å². The van der Waals surface area contributed by atoms with Crippen LogP contribution in [0.1, 0.15) is 19.8 Å². The average Bonchev–Trinajstić information content (AvgIpc) is 2.63. The van der Waals surface area contributed by atoms with Gasteiger partial charge < -0.3 is 15.1 Å². The molecule has 2 heterocycles. The van der Waals surface area contributed by atoms with Gasteiger partial charge in [0.2, 0.25) is 5.95 Å². The van der Waals surface area contributed by atoms with Crippen molar-refractivity contribution in [2.24, 2.45) is 0 Å². The van der Waals surface area contributed by atoms with E-state index in [1.165, 1.54) is 6.42 Å². The van der Waals surface area contributed by atoms with Crippen molar-refractivity contribution in [3.05, 3.63) is 10.7 Å². The lowest BCUT2D eigenvalue weighted by molar-refractivity contribution is 0.360. The van der Waals surface area contributed by atoms with Crippen LogP contribution in [-0.4, -0.2) is 54.6 Å². The number of likely N-dealkylation sites (N-methyl/N-ethyl adjacent to an activating group) is 1. The van der Waals surface area contributed by atoms with Crippen molar-refractivity contribution >= 4 is 27.7 Å². The number of nitrogens with one attached hydrogen (secondary N) is 1. The first-order chi connectivity index (χ1) is 9.20. The topological polar surface area (TPSA) is 44.3 Å². The molecule has 1 fully saturated rings. The van der Waals surface area contributed by atoms with E-state index in [9.17, 15) is 0 Å². The zero-order valence-corrected chi connectivity index (χ0v) is 13.3. The van der Waals surface area contributed by atoms with E-state index in [4.69, 9.17) is 0 Å². The molecular weight excluding hydrogens is 306 g/mol. The molecule has 106 valence electrons. The largest absolute Gasteiger partial charge is 0.354 e. The predicted octanol–water partition coefficient (Wildman–Crippen LogP) is 2.20. The van der Waals surface area contributed by atoms with Crippen molar-refractivity contribution in [1.82, 2.24) is 14.9 Å². The second-order valence-electron chi connectivity index (χ2n) is 4.94. The molecule has 0 unspecified atom stereocenters. The molecule has 1 N–H and O–H groups in total. The first-order valence-corrected chi connectivity index (χ1v) is 7.70. The first kappa shape index (κ1) is 14.5. The molecule has 1 aliphatic rings. The summed E-state index contributed by atoms with van der Waals surface area (Å²) in [5.74, 6) is 1.72. The van der Waals surface area contributed by atoms with E-state index in [1.54, 1.807) is 0 Å². The molecule has 0 amide bonds. The van der Waals surface area contributed by atoms with Crippen LogP contribution < -0.4 is 10.2 Å². The zero-order valence-electron chi connectivity index (χ0n) is 11.7. The molecule has 0 aromatic carbocycles. The highest BCUT2D eigenvalue weighted by molar-refractivity contribution is 9.10. The summed E-state index contributed by atoms with van der Waals surface area (Å²) in [6, 6.07) is 0. The summed E-state index contributed by atoms with van der Waals surface area (Å²) in [5, 5.41) is 3.25. The maximum Gasteiger partial charge on any atom is 0.224 e. The SMILES string of the molecule is CCCNc1ncc(Br)c(N2CCCN(C)CC2)n1. The van der Waals surface area contributed by atoms with Gasteiger partial charge in [-0.2, -0.15) is 4.98 Å². The summed E-state index contributed by atoms with van der Waals surface area (Å²) < 4.78 is 0.971. The van der Waals surface area contributed by atoms with E-state index >= 15 is 0 Å². The number of hydrogen-bond donors (Lipinski definition) is 1. The number of nitrogens with zero attached hydrogens (tertiary/aromatic N) is 4. The van der Waals surface area contributed by atoms with Gasteiger partial charge in [-0.1, -0.05) is 6.92 Å². The Hall–Kier alpha value is -0.880. The van der Waals surface area contributed by atoms with Crippen LogP contribution in [0, 0.1) is 0 Å². The Bertz CT molecular complexity index is 412. The van der Waals surface area contributed by atoms with Crippen LogP contribution >= 0.6 is 15.9 Å². The van der Waals surface area contributed by atoms with Crippen LogP contribution in [0.5, 0.6) is 0 Å². The third-order valence-electron chi connectivity index (χ3n) is 3.28. The molecule has 0 atom stereocenters. The first-order valence-electron chi connectivity index (χ1n) is 6.90. The Kier molecular flexibility index (Phi) is 5.39. The molecule has 6 heteroatoms. The van der Waals surface area contributed by atoms with Crippen molar-refractivity contribution in [3.8, 4) is 0 Å². The van der Waals surface area contributed by atoms with Crippen molar-refractivity contribution in [2.75, 3.05) is 50.0 Å². The normalized spacial score (nSPS) is 17.3. The van der Waals surface area contributed by atoms with Gasteiger partial charge in [-0.25, -0.2) is 4.98 Å².